The lowest BCUT2D eigenvalue weighted by Crippen LogP contribution is -2.34. The van der Waals surface area contributed by atoms with Crippen LogP contribution in [-0.2, 0) is 24.6 Å². The molecule has 0 saturated carbocycles. The summed E-state index contributed by atoms with van der Waals surface area (Å²) in [6, 6.07) is 30.7. The topological polar surface area (TPSA) is 112 Å². The summed E-state index contributed by atoms with van der Waals surface area (Å²) in [6.45, 7) is 2.70. The first-order valence-corrected chi connectivity index (χ1v) is 13.0. The molecule has 4 aromatic rings. The van der Waals surface area contributed by atoms with Gasteiger partial charge in [0.15, 0.2) is 0 Å². The molecule has 0 aromatic heterocycles. The van der Waals surface area contributed by atoms with E-state index in [0.29, 0.717) is 30.2 Å². The Bertz CT molecular complexity index is 1480. The number of hydrogen-bond donors (Lipinski definition) is 3. The molecule has 7 nitrogen and oxygen atoms in total. The minimum absolute atomic E-state index is 0.198. The molecular formula is C33H32N2O5. The lowest BCUT2D eigenvalue weighted by molar-refractivity contribution is -0.137. The van der Waals surface area contributed by atoms with Crippen molar-refractivity contribution in [3.05, 3.63) is 119 Å². The zero-order chi connectivity index (χ0) is 28.3. The van der Waals surface area contributed by atoms with Gasteiger partial charge in [0.05, 0.1) is 24.7 Å². The molecule has 40 heavy (non-hydrogen) atoms. The highest BCUT2D eigenvalue weighted by molar-refractivity contribution is 5.68. The number of rotatable bonds is 13. The third kappa shape index (κ3) is 7.70. The quantitative estimate of drug-likeness (QED) is 0.203. The Morgan fingerprint density at radius 1 is 0.925 bits per heavy atom. The fourth-order valence-corrected chi connectivity index (χ4v) is 4.39. The second-order valence-corrected chi connectivity index (χ2v) is 9.47. The van der Waals surface area contributed by atoms with Crippen molar-refractivity contribution >= 4 is 5.97 Å². The van der Waals surface area contributed by atoms with E-state index in [1.165, 1.54) is 0 Å². The van der Waals surface area contributed by atoms with Crippen LogP contribution in [0.15, 0.2) is 91.0 Å². The highest BCUT2D eigenvalue weighted by Gasteiger charge is 2.14. The standard InChI is InChI=1S/C33H32N2O5/c1-23-28(11-6-12-31(23)26-9-3-2-4-10-26)22-39-30-14-13-27(19-35-29(20-36)16-33(37)38)32(17-30)40-21-25-8-5-7-24(15-25)18-34/h2-15,17,29,35-36H,16,19-22H2,1H3,(H,37,38)/t29-/m1/s1. The van der Waals surface area contributed by atoms with Crippen LogP contribution in [0.4, 0.5) is 0 Å². The Morgan fingerprint density at radius 2 is 1.73 bits per heavy atom. The lowest BCUT2D eigenvalue weighted by atomic mass is 9.97. The van der Waals surface area contributed by atoms with Gasteiger partial charge in [-0.05, 0) is 52.9 Å². The molecule has 0 spiro atoms. The van der Waals surface area contributed by atoms with E-state index in [2.05, 4.69) is 42.6 Å². The summed E-state index contributed by atoms with van der Waals surface area (Å²) < 4.78 is 12.3. The maximum Gasteiger partial charge on any atom is 0.305 e. The average molecular weight is 537 g/mol. The van der Waals surface area contributed by atoms with E-state index < -0.39 is 12.0 Å². The maximum absolute atomic E-state index is 11.1. The van der Waals surface area contributed by atoms with Crippen LogP contribution in [0.2, 0.25) is 0 Å². The highest BCUT2D eigenvalue weighted by Crippen LogP contribution is 2.29. The molecule has 0 bridgehead atoms. The first-order chi connectivity index (χ1) is 19.5. The van der Waals surface area contributed by atoms with Gasteiger partial charge in [-0.1, -0.05) is 66.7 Å². The van der Waals surface area contributed by atoms with E-state index in [1.807, 2.05) is 54.6 Å². The summed E-state index contributed by atoms with van der Waals surface area (Å²) >= 11 is 0. The van der Waals surface area contributed by atoms with Gasteiger partial charge in [-0.25, -0.2) is 0 Å². The van der Waals surface area contributed by atoms with E-state index in [0.717, 1.165) is 33.4 Å². The van der Waals surface area contributed by atoms with Crippen molar-refractivity contribution < 1.29 is 24.5 Å². The molecule has 4 aromatic carbocycles. The van der Waals surface area contributed by atoms with Crippen molar-refractivity contribution in [3.8, 4) is 28.7 Å². The fourth-order valence-electron chi connectivity index (χ4n) is 4.39. The van der Waals surface area contributed by atoms with Gasteiger partial charge < -0.3 is 25.0 Å². The third-order valence-electron chi connectivity index (χ3n) is 6.64. The summed E-state index contributed by atoms with van der Waals surface area (Å²) in [5.41, 5.74) is 6.71. The number of nitriles is 1. The zero-order valence-electron chi connectivity index (χ0n) is 22.3. The number of benzene rings is 4. The molecule has 0 radical (unpaired) electrons. The van der Waals surface area contributed by atoms with Gasteiger partial charge in [-0.3, -0.25) is 4.79 Å². The van der Waals surface area contributed by atoms with Crippen molar-refractivity contribution in [2.45, 2.75) is 39.1 Å². The average Bonchev–Trinajstić information content (AvgIpc) is 2.98. The third-order valence-corrected chi connectivity index (χ3v) is 6.64. The van der Waals surface area contributed by atoms with E-state index in [1.54, 1.807) is 12.1 Å². The van der Waals surface area contributed by atoms with Crippen LogP contribution in [-0.4, -0.2) is 28.8 Å². The predicted octanol–water partition coefficient (Wildman–Crippen LogP) is 5.62. The minimum Gasteiger partial charge on any atom is -0.489 e. The Kier molecular flexibility index (Phi) is 9.89. The van der Waals surface area contributed by atoms with Crippen LogP contribution in [0.5, 0.6) is 11.5 Å². The summed E-state index contributed by atoms with van der Waals surface area (Å²) in [7, 11) is 0. The summed E-state index contributed by atoms with van der Waals surface area (Å²) in [5.74, 6) is 0.197. The largest absolute Gasteiger partial charge is 0.489 e. The predicted molar refractivity (Wildman–Crippen MR) is 153 cm³/mol. The Labute approximate surface area is 234 Å². The molecule has 4 rings (SSSR count). The van der Waals surface area contributed by atoms with Gasteiger partial charge in [0.2, 0.25) is 0 Å². The molecule has 0 saturated heterocycles. The molecule has 0 aliphatic rings. The second-order valence-electron chi connectivity index (χ2n) is 9.47. The van der Waals surface area contributed by atoms with Gasteiger partial charge >= 0.3 is 5.97 Å². The van der Waals surface area contributed by atoms with Crippen molar-refractivity contribution in [3.63, 3.8) is 0 Å². The van der Waals surface area contributed by atoms with Gasteiger partial charge in [0.25, 0.3) is 0 Å². The normalized spacial score (nSPS) is 11.4. The number of carbonyl (C=O) groups is 1. The maximum atomic E-state index is 11.1. The summed E-state index contributed by atoms with van der Waals surface area (Å²) in [5, 5.41) is 31.0. The van der Waals surface area contributed by atoms with Gasteiger partial charge in [0.1, 0.15) is 24.7 Å². The smallest absolute Gasteiger partial charge is 0.305 e. The van der Waals surface area contributed by atoms with Crippen LogP contribution in [0.25, 0.3) is 11.1 Å². The van der Waals surface area contributed by atoms with Crippen LogP contribution >= 0.6 is 0 Å². The molecule has 204 valence electrons. The molecule has 0 amide bonds. The molecule has 0 unspecified atom stereocenters. The molecular weight excluding hydrogens is 504 g/mol. The number of nitrogens with zero attached hydrogens (tertiary/aromatic N) is 1. The van der Waals surface area contributed by atoms with Crippen molar-refractivity contribution in [1.29, 1.82) is 5.26 Å². The number of aliphatic hydroxyl groups is 1. The van der Waals surface area contributed by atoms with Gasteiger partial charge in [-0.2, -0.15) is 5.26 Å². The lowest BCUT2D eigenvalue weighted by Gasteiger charge is -2.18. The molecule has 7 heteroatoms. The van der Waals surface area contributed by atoms with E-state index >= 15 is 0 Å². The number of carboxylic acids is 1. The summed E-state index contributed by atoms with van der Waals surface area (Å²) in [6.07, 6.45) is -0.198. The van der Waals surface area contributed by atoms with Gasteiger partial charge in [0, 0.05) is 24.2 Å². The number of carboxylic acid groups (broad SMARTS) is 1. The Hall–Kier alpha value is -4.64. The van der Waals surface area contributed by atoms with Crippen LogP contribution < -0.4 is 14.8 Å². The number of aliphatic carboxylic acids is 1. The van der Waals surface area contributed by atoms with Crippen molar-refractivity contribution in [2.75, 3.05) is 6.61 Å². The molecule has 0 heterocycles. The Balaban J connectivity index is 1.52. The van der Waals surface area contributed by atoms with Crippen LogP contribution in [0.1, 0.15) is 34.2 Å². The summed E-state index contributed by atoms with van der Waals surface area (Å²) in [4.78, 5) is 11.1. The first kappa shape index (κ1) is 28.4. The van der Waals surface area contributed by atoms with Crippen LogP contribution in [0.3, 0.4) is 0 Å². The van der Waals surface area contributed by atoms with Crippen LogP contribution in [0, 0.1) is 18.3 Å². The number of ether oxygens (including phenoxy) is 2. The zero-order valence-corrected chi connectivity index (χ0v) is 22.3. The van der Waals surface area contributed by atoms with Gasteiger partial charge in [-0.15, -0.1) is 0 Å². The minimum atomic E-state index is -0.990. The highest BCUT2D eigenvalue weighted by atomic mass is 16.5. The SMILES string of the molecule is Cc1c(COc2ccc(CN[C@@H](CO)CC(=O)O)c(OCc3cccc(C#N)c3)c2)cccc1-c1ccccc1. The molecule has 1 atom stereocenters. The fraction of sp³-hybridized carbons (Fsp3) is 0.212. The van der Waals surface area contributed by atoms with E-state index in [-0.39, 0.29) is 19.6 Å². The monoisotopic (exact) mass is 536 g/mol. The second kappa shape index (κ2) is 13.9. The van der Waals surface area contributed by atoms with E-state index in [4.69, 9.17) is 14.6 Å². The molecule has 0 fully saturated rings. The number of nitrogens with one attached hydrogen (secondary N) is 1. The number of hydrogen-bond acceptors (Lipinski definition) is 6. The molecule has 0 aliphatic carbocycles. The van der Waals surface area contributed by atoms with E-state index in [9.17, 15) is 15.2 Å². The number of aliphatic hydroxyl groups excluding tert-OH is 1. The van der Waals surface area contributed by atoms with Crippen molar-refractivity contribution in [2.24, 2.45) is 0 Å². The molecule has 3 N–H and O–H groups in total. The first-order valence-electron chi connectivity index (χ1n) is 13.0. The molecule has 0 aliphatic heterocycles. The Morgan fingerprint density at radius 3 is 2.48 bits per heavy atom. The van der Waals surface area contributed by atoms with Crippen molar-refractivity contribution in [1.82, 2.24) is 5.32 Å².